The first-order valence-electron chi connectivity index (χ1n) is 5.98. The maximum Gasteiger partial charge on any atom is 0.451 e. The van der Waals surface area contributed by atoms with Crippen molar-refractivity contribution in [2.45, 2.75) is 58.5 Å². The maximum atomic E-state index is 12.6. The molecule has 2 nitrogen and oxygen atoms in total. The normalized spacial score (nSPS) is 12.1. The summed E-state index contributed by atoms with van der Waals surface area (Å²) in [7, 11) is 0. The van der Waals surface area contributed by atoms with Crippen LogP contribution in [0, 0.1) is 6.92 Å². The number of aromatic nitrogens is 1. The van der Waals surface area contributed by atoms with Crippen molar-refractivity contribution < 1.29 is 17.6 Å². The molecule has 0 aliphatic carbocycles. The van der Waals surface area contributed by atoms with Crippen LogP contribution in [0.15, 0.2) is 4.42 Å². The van der Waals surface area contributed by atoms with E-state index in [2.05, 4.69) is 16.3 Å². The average Bonchev–Trinajstić information content (AvgIpc) is 2.59. The van der Waals surface area contributed by atoms with Crippen molar-refractivity contribution in [2.75, 3.05) is 0 Å². The van der Waals surface area contributed by atoms with Crippen LogP contribution in [-0.4, -0.2) is 4.98 Å². The standard InChI is InChI=1S/C12H18F3NO/c1-3-4-5-6-7-8-10-11(12(13,14)15)17-9(2)16-10/h3-8H2,1-2H3. The average molecular weight is 249 g/mol. The van der Waals surface area contributed by atoms with E-state index >= 15 is 0 Å². The van der Waals surface area contributed by atoms with Crippen molar-refractivity contribution >= 4 is 0 Å². The molecule has 0 saturated heterocycles. The van der Waals surface area contributed by atoms with Crippen LogP contribution in [0.4, 0.5) is 13.2 Å². The van der Waals surface area contributed by atoms with Crippen molar-refractivity contribution in [3.63, 3.8) is 0 Å². The van der Waals surface area contributed by atoms with Crippen LogP contribution < -0.4 is 0 Å². The van der Waals surface area contributed by atoms with E-state index in [0.29, 0.717) is 6.42 Å². The number of hydrogen-bond donors (Lipinski definition) is 0. The van der Waals surface area contributed by atoms with E-state index in [1.54, 1.807) is 0 Å². The Morgan fingerprint density at radius 2 is 1.76 bits per heavy atom. The lowest BCUT2D eigenvalue weighted by molar-refractivity contribution is -0.154. The zero-order valence-electron chi connectivity index (χ0n) is 10.2. The van der Waals surface area contributed by atoms with Gasteiger partial charge in [-0.15, -0.1) is 0 Å². The van der Waals surface area contributed by atoms with E-state index < -0.39 is 11.9 Å². The molecule has 1 aromatic heterocycles. The van der Waals surface area contributed by atoms with Gasteiger partial charge in [0.15, 0.2) is 5.89 Å². The molecular weight excluding hydrogens is 231 g/mol. The van der Waals surface area contributed by atoms with Gasteiger partial charge in [-0.3, -0.25) is 0 Å². The van der Waals surface area contributed by atoms with Gasteiger partial charge in [0.1, 0.15) is 0 Å². The molecular formula is C12H18F3NO. The number of nitrogens with zero attached hydrogens (tertiary/aromatic N) is 1. The molecule has 0 unspecified atom stereocenters. The molecule has 5 heteroatoms. The fourth-order valence-electron chi connectivity index (χ4n) is 1.76. The number of oxazole rings is 1. The fraction of sp³-hybridized carbons (Fsp3) is 0.750. The molecule has 17 heavy (non-hydrogen) atoms. The van der Waals surface area contributed by atoms with Crippen LogP contribution in [0.5, 0.6) is 0 Å². The van der Waals surface area contributed by atoms with Crippen LogP contribution in [0.3, 0.4) is 0 Å². The van der Waals surface area contributed by atoms with Crippen LogP contribution in [0.2, 0.25) is 0 Å². The third-order valence-corrected chi connectivity index (χ3v) is 2.58. The SMILES string of the molecule is CCCCCCCc1nc(C)oc1C(F)(F)F. The van der Waals surface area contributed by atoms with Crippen LogP contribution in [0.25, 0.3) is 0 Å². The third-order valence-electron chi connectivity index (χ3n) is 2.58. The van der Waals surface area contributed by atoms with Gasteiger partial charge in [-0.1, -0.05) is 32.6 Å². The lowest BCUT2D eigenvalue weighted by Crippen LogP contribution is -2.07. The summed E-state index contributed by atoms with van der Waals surface area (Å²) in [5, 5.41) is 0. The van der Waals surface area contributed by atoms with E-state index in [0.717, 1.165) is 32.1 Å². The smallest absolute Gasteiger partial charge is 0.436 e. The minimum Gasteiger partial charge on any atom is -0.436 e. The fourth-order valence-corrected chi connectivity index (χ4v) is 1.76. The van der Waals surface area contributed by atoms with E-state index in [4.69, 9.17) is 0 Å². The largest absolute Gasteiger partial charge is 0.451 e. The van der Waals surface area contributed by atoms with Crippen molar-refractivity contribution in [3.8, 4) is 0 Å². The summed E-state index contributed by atoms with van der Waals surface area (Å²) in [6.07, 6.45) is 0.900. The second-order valence-corrected chi connectivity index (χ2v) is 4.17. The quantitative estimate of drug-likeness (QED) is 0.693. The molecule has 0 saturated carbocycles. The molecule has 1 aromatic rings. The molecule has 0 aromatic carbocycles. The predicted molar refractivity (Wildman–Crippen MR) is 58.7 cm³/mol. The summed E-state index contributed by atoms with van der Waals surface area (Å²) < 4.78 is 42.3. The van der Waals surface area contributed by atoms with Gasteiger partial charge in [-0.05, 0) is 12.8 Å². The van der Waals surface area contributed by atoms with Gasteiger partial charge >= 0.3 is 6.18 Å². The molecule has 0 bridgehead atoms. The van der Waals surface area contributed by atoms with Crippen molar-refractivity contribution in [1.82, 2.24) is 4.98 Å². The summed E-state index contributed by atoms with van der Waals surface area (Å²) in [6.45, 7) is 3.54. The zero-order chi connectivity index (χ0) is 12.9. The van der Waals surface area contributed by atoms with E-state index in [1.807, 2.05) is 0 Å². The summed E-state index contributed by atoms with van der Waals surface area (Å²) >= 11 is 0. The van der Waals surface area contributed by atoms with E-state index in [1.165, 1.54) is 6.92 Å². The van der Waals surface area contributed by atoms with E-state index in [-0.39, 0.29) is 11.6 Å². The summed E-state index contributed by atoms with van der Waals surface area (Å²) in [5.41, 5.74) is 0.0477. The molecule has 0 N–H and O–H groups in total. The molecule has 0 atom stereocenters. The Morgan fingerprint density at radius 1 is 1.12 bits per heavy atom. The zero-order valence-corrected chi connectivity index (χ0v) is 10.2. The minimum absolute atomic E-state index is 0.0477. The second-order valence-electron chi connectivity index (χ2n) is 4.17. The molecule has 0 amide bonds. The van der Waals surface area contributed by atoms with Gasteiger partial charge in [-0.2, -0.15) is 13.2 Å². The van der Waals surface area contributed by atoms with Gasteiger partial charge in [0.05, 0.1) is 5.69 Å². The van der Waals surface area contributed by atoms with Gasteiger partial charge in [0.2, 0.25) is 5.76 Å². The molecule has 98 valence electrons. The summed E-state index contributed by atoms with van der Waals surface area (Å²) in [4.78, 5) is 3.81. The first-order chi connectivity index (χ1) is 7.95. The Kier molecular flexibility index (Phi) is 5.02. The van der Waals surface area contributed by atoms with E-state index in [9.17, 15) is 13.2 Å². The summed E-state index contributed by atoms with van der Waals surface area (Å²) in [5.74, 6) is -0.841. The van der Waals surface area contributed by atoms with Crippen molar-refractivity contribution in [3.05, 3.63) is 17.3 Å². The molecule has 0 fully saturated rings. The predicted octanol–water partition coefficient (Wildman–Crippen LogP) is 4.51. The maximum absolute atomic E-state index is 12.6. The highest BCUT2D eigenvalue weighted by Gasteiger charge is 2.38. The minimum atomic E-state index is -4.43. The second kappa shape index (κ2) is 6.07. The molecule has 1 heterocycles. The topological polar surface area (TPSA) is 26.0 Å². The molecule has 0 radical (unpaired) electrons. The Balaban J connectivity index is 2.53. The lowest BCUT2D eigenvalue weighted by Gasteiger charge is -2.04. The number of unbranched alkanes of at least 4 members (excludes halogenated alkanes) is 4. The number of rotatable bonds is 6. The van der Waals surface area contributed by atoms with Crippen molar-refractivity contribution in [2.24, 2.45) is 0 Å². The Bertz CT molecular complexity index is 344. The van der Waals surface area contributed by atoms with Crippen LogP contribution in [0.1, 0.15) is 56.4 Å². The number of aryl methyl sites for hydroxylation is 2. The van der Waals surface area contributed by atoms with Gasteiger partial charge in [-0.25, -0.2) is 4.98 Å². The van der Waals surface area contributed by atoms with Gasteiger partial charge in [0, 0.05) is 6.92 Å². The van der Waals surface area contributed by atoms with Crippen LogP contribution in [-0.2, 0) is 12.6 Å². The van der Waals surface area contributed by atoms with Crippen LogP contribution >= 0.6 is 0 Å². The number of alkyl halides is 3. The monoisotopic (exact) mass is 249 g/mol. The third kappa shape index (κ3) is 4.40. The first-order valence-corrected chi connectivity index (χ1v) is 5.98. The highest BCUT2D eigenvalue weighted by atomic mass is 19.4. The van der Waals surface area contributed by atoms with Gasteiger partial charge in [0.25, 0.3) is 0 Å². The molecule has 0 aliphatic heterocycles. The summed E-state index contributed by atoms with van der Waals surface area (Å²) in [6, 6.07) is 0. The van der Waals surface area contributed by atoms with Crippen molar-refractivity contribution in [1.29, 1.82) is 0 Å². The molecule has 1 rings (SSSR count). The Labute approximate surface area is 99.2 Å². The highest BCUT2D eigenvalue weighted by Crippen LogP contribution is 2.33. The van der Waals surface area contributed by atoms with Gasteiger partial charge < -0.3 is 4.42 Å². The molecule has 0 spiro atoms. The molecule has 0 aliphatic rings. The number of halogens is 3. The Hall–Kier alpha value is -1.00. The lowest BCUT2D eigenvalue weighted by atomic mass is 10.1. The number of hydrogen-bond acceptors (Lipinski definition) is 2. The Morgan fingerprint density at radius 3 is 2.35 bits per heavy atom. The highest BCUT2D eigenvalue weighted by molar-refractivity contribution is 5.13. The first kappa shape index (κ1) is 14.1.